The van der Waals surface area contributed by atoms with E-state index in [2.05, 4.69) is 12.6 Å². The second-order valence-corrected chi connectivity index (χ2v) is 4.90. The fraction of sp³-hybridized carbons (Fsp3) is 0.455. The zero-order valence-corrected chi connectivity index (χ0v) is 19.0. The summed E-state index contributed by atoms with van der Waals surface area (Å²) in [6.45, 7) is 15.4. The Morgan fingerprint density at radius 3 is 1.74 bits per heavy atom. The van der Waals surface area contributed by atoms with Crippen LogP contribution >= 0.6 is 12.6 Å². The number of aliphatic hydroxyl groups is 1. The zero-order chi connectivity index (χ0) is 22.0. The lowest BCUT2D eigenvalue weighted by molar-refractivity contribution is 0.279. The van der Waals surface area contributed by atoms with Crippen LogP contribution in [0, 0.1) is 25.5 Å². The van der Waals surface area contributed by atoms with E-state index in [9.17, 15) is 8.78 Å². The molecular formula is C22H36F2O2S. The van der Waals surface area contributed by atoms with Crippen molar-refractivity contribution in [3.63, 3.8) is 0 Å². The third-order valence-electron chi connectivity index (χ3n) is 3.08. The van der Waals surface area contributed by atoms with E-state index < -0.39 is 0 Å². The van der Waals surface area contributed by atoms with E-state index in [0.29, 0.717) is 16.0 Å². The molecule has 2 aromatic carbocycles. The van der Waals surface area contributed by atoms with Gasteiger partial charge in [-0.25, -0.2) is 8.78 Å². The fourth-order valence-corrected chi connectivity index (χ4v) is 2.09. The zero-order valence-electron chi connectivity index (χ0n) is 18.2. The van der Waals surface area contributed by atoms with E-state index >= 15 is 0 Å². The Morgan fingerprint density at radius 1 is 0.889 bits per heavy atom. The first-order chi connectivity index (χ1) is 12.9. The fourth-order valence-electron chi connectivity index (χ4n) is 1.81. The first kappa shape index (κ1) is 30.1. The number of methoxy groups -OCH3 is 1. The minimum absolute atomic E-state index is 0.0879. The molecule has 156 valence electrons. The molecule has 2 aromatic rings. The Labute approximate surface area is 170 Å². The molecule has 0 aromatic heterocycles. The summed E-state index contributed by atoms with van der Waals surface area (Å²) >= 11 is 3.98. The van der Waals surface area contributed by atoms with Crippen LogP contribution in [0.3, 0.4) is 0 Å². The van der Waals surface area contributed by atoms with Crippen LogP contribution in [0.25, 0.3) is 0 Å². The molecule has 0 aliphatic heterocycles. The van der Waals surface area contributed by atoms with Crippen molar-refractivity contribution in [2.45, 2.75) is 66.9 Å². The van der Waals surface area contributed by atoms with Crippen LogP contribution in [0.4, 0.5) is 8.78 Å². The molecule has 5 heteroatoms. The van der Waals surface area contributed by atoms with E-state index in [1.165, 1.54) is 19.2 Å². The smallest absolute Gasteiger partial charge is 0.167 e. The monoisotopic (exact) mass is 402 g/mol. The molecule has 0 aliphatic rings. The van der Waals surface area contributed by atoms with E-state index in [1.807, 2.05) is 48.5 Å². The topological polar surface area (TPSA) is 29.5 Å². The van der Waals surface area contributed by atoms with Crippen LogP contribution in [0.5, 0.6) is 5.75 Å². The lowest BCUT2D eigenvalue weighted by Crippen LogP contribution is -1.95. The molecule has 0 amide bonds. The SMILES string of the molecule is CC.CC.CC.COc1c(F)cccc1S.Cc1ccc(F)c(C)c1CO. The Hall–Kier alpha value is -1.59. The van der Waals surface area contributed by atoms with Crippen LogP contribution in [0.1, 0.15) is 58.2 Å². The number of benzene rings is 2. The minimum Gasteiger partial charge on any atom is -0.493 e. The molecule has 0 unspecified atom stereocenters. The van der Waals surface area contributed by atoms with Gasteiger partial charge in [0.15, 0.2) is 11.6 Å². The van der Waals surface area contributed by atoms with E-state index in [1.54, 1.807) is 25.1 Å². The van der Waals surface area contributed by atoms with Crippen molar-refractivity contribution in [3.8, 4) is 5.75 Å². The highest BCUT2D eigenvalue weighted by molar-refractivity contribution is 7.80. The molecule has 0 spiro atoms. The van der Waals surface area contributed by atoms with Gasteiger partial charge in [0, 0.05) is 4.90 Å². The number of aryl methyl sites for hydroxylation is 1. The molecule has 0 atom stereocenters. The first-order valence-corrected chi connectivity index (χ1v) is 9.74. The predicted octanol–water partition coefficient (Wildman–Crippen LogP) is 7.14. The van der Waals surface area contributed by atoms with Gasteiger partial charge in [-0.2, -0.15) is 0 Å². The van der Waals surface area contributed by atoms with Crippen molar-refractivity contribution in [1.29, 1.82) is 0 Å². The first-order valence-electron chi connectivity index (χ1n) is 9.29. The van der Waals surface area contributed by atoms with Gasteiger partial charge in [0.2, 0.25) is 0 Å². The highest BCUT2D eigenvalue weighted by Crippen LogP contribution is 2.24. The normalized spacial score (nSPS) is 8.33. The maximum absolute atomic E-state index is 12.8. The van der Waals surface area contributed by atoms with Crippen LogP contribution < -0.4 is 4.74 Å². The molecule has 2 nitrogen and oxygen atoms in total. The lowest BCUT2D eigenvalue weighted by atomic mass is 10.0. The second-order valence-electron chi connectivity index (χ2n) is 4.42. The number of para-hydroxylation sites is 1. The third-order valence-corrected chi connectivity index (χ3v) is 3.43. The standard InChI is InChI=1S/C9H11FO.C7H7FOS.3C2H6/c1-6-3-4-9(10)7(2)8(6)5-11;1-9-7-5(8)3-2-4-6(7)10;3*1-2/h3-4,11H,5H2,1-2H3;2-4,10H,1H3;3*1-2H3. The number of thiol groups is 1. The highest BCUT2D eigenvalue weighted by atomic mass is 32.1. The summed E-state index contributed by atoms with van der Waals surface area (Å²) in [6, 6.07) is 7.68. The molecule has 0 saturated carbocycles. The average Bonchev–Trinajstić information content (AvgIpc) is 2.71. The van der Waals surface area contributed by atoms with Crippen molar-refractivity contribution in [2.24, 2.45) is 0 Å². The molecule has 0 saturated heterocycles. The maximum Gasteiger partial charge on any atom is 0.167 e. The summed E-state index contributed by atoms with van der Waals surface area (Å²) in [5.74, 6) is -0.430. The number of aliphatic hydroxyl groups excluding tert-OH is 1. The third kappa shape index (κ3) is 11.0. The Morgan fingerprint density at radius 2 is 1.41 bits per heavy atom. The molecule has 0 fully saturated rings. The largest absolute Gasteiger partial charge is 0.493 e. The van der Waals surface area contributed by atoms with Gasteiger partial charge in [-0.1, -0.05) is 53.7 Å². The van der Waals surface area contributed by atoms with Crippen LogP contribution in [-0.4, -0.2) is 12.2 Å². The van der Waals surface area contributed by atoms with Crippen molar-refractivity contribution in [1.82, 2.24) is 0 Å². The van der Waals surface area contributed by atoms with E-state index in [4.69, 9.17) is 9.84 Å². The molecule has 0 aliphatic carbocycles. The van der Waals surface area contributed by atoms with Gasteiger partial charge >= 0.3 is 0 Å². The van der Waals surface area contributed by atoms with E-state index in [-0.39, 0.29) is 24.0 Å². The number of ether oxygens (including phenoxy) is 1. The summed E-state index contributed by atoms with van der Waals surface area (Å²) in [5, 5.41) is 8.86. The summed E-state index contributed by atoms with van der Waals surface area (Å²) in [6.07, 6.45) is 0. The van der Waals surface area contributed by atoms with Crippen molar-refractivity contribution in [2.75, 3.05) is 7.11 Å². The second kappa shape index (κ2) is 19.2. The molecule has 0 radical (unpaired) electrons. The van der Waals surface area contributed by atoms with Gasteiger partial charge in [-0.3, -0.25) is 0 Å². The van der Waals surface area contributed by atoms with Crippen LogP contribution in [0.15, 0.2) is 35.2 Å². The summed E-state index contributed by atoms with van der Waals surface area (Å²) in [5.41, 5.74) is 2.18. The molecule has 27 heavy (non-hydrogen) atoms. The minimum atomic E-state index is -0.380. The Balaban J connectivity index is -0.000000335. The van der Waals surface area contributed by atoms with Gasteiger partial charge in [0.1, 0.15) is 5.82 Å². The molecule has 0 bridgehead atoms. The number of rotatable bonds is 2. The summed E-state index contributed by atoms with van der Waals surface area (Å²) in [4.78, 5) is 0.516. The predicted molar refractivity (Wildman–Crippen MR) is 116 cm³/mol. The molecule has 2 rings (SSSR count). The average molecular weight is 403 g/mol. The van der Waals surface area contributed by atoms with Gasteiger partial charge in [0.05, 0.1) is 13.7 Å². The van der Waals surface area contributed by atoms with Gasteiger partial charge < -0.3 is 9.84 Å². The summed E-state index contributed by atoms with van der Waals surface area (Å²) < 4.78 is 30.2. The highest BCUT2D eigenvalue weighted by Gasteiger charge is 2.05. The summed E-state index contributed by atoms with van der Waals surface area (Å²) in [7, 11) is 1.41. The number of hydrogen-bond acceptors (Lipinski definition) is 3. The van der Waals surface area contributed by atoms with Crippen molar-refractivity contribution < 1.29 is 18.6 Å². The number of halogens is 2. The van der Waals surface area contributed by atoms with E-state index in [0.717, 1.165) is 5.56 Å². The Kier molecular flexibility index (Phi) is 21.4. The quantitative estimate of drug-likeness (QED) is 0.523. The van der Waals surface area contributed by atoms with Gasteiger partial charge in [-0.05, 0) is 48.7 Å². The molecular weight excluding hydrogens is 366 g/mol. The van der Waals surface area contributed by atoms with Gasteiger partial charge in [-0.15, -0.1) is 12.6 Å². The maximum atomic E-state index is 12.8. The van der Waals surface area contributed by atoms with Crippen molar-refractivity contribution in [3.05, 3.63) is 58.7 Å². The van der Waals surface area contributed by atoms with Crippen LogP contribution in [0.2, 0.25) is 0 Å². The Bertz CT molecular complexity index is 597. The molecule has 0 heterocycles. The van der Waals surface area contributed by atoms with Crippen molar-refractivity contribution >= 4 is 12.6 Å². The number of hydrogen-bond donors (Lipinski definition) is 2. The lowest BCUT2D eigenvalue weighted by Gasteiger charge is -2.06. The molecule has 1 N–H and O–H groups in total. The van der Waals surface area contributed by atoms with Gasteiger partial charge in [0.25, 0.3) is 0 Å². The van der Waals surface area contributed by atoms with Crippen LogP contribution in [-0.2, 0) is 6.61 Å².